The van der Waals surface area contributed by atoms with Crippen molar-refractivity contribution in [1.82, 2.24) is 4.90 Å². The Labute approximate surface area is 188 Å². The van der Waals surface area contributed by atoms with Crippen LogP contribution in [0.3, 0.4) is 0 Å². The second-order valence-electron chi connectivity index (χ2n) is 6.79. The van der Waals surface area contributed by atoms with E-state index in [0.29, 0.717) is 18.0 Å². The number of hydrogen-bond donors (Lipinski definition) is 2. The number of carbonyl (C=O) groups is 2. The molecule has 32 heavy (non-hydrogen) atoms. The Bertz CT molecular complexity index is 889. The molecule has 0 aliphatic carbocycles. The molecular formula is C23H31N3O6. The molecule has 0 saturated heterocycles. The van der Waals surface area contributed by atoms with Gasteiger partial charge in [-0.25, -0.2) is 0 Å². The van der Waals surface area contributed by atoms with Crippen molar-refractivity contribution in [2.45, 2.75) is 13.8 Å². The van der Waals surface area contributed by atoms with Crippen LogP contribution in [0.2, 0.25) is 0 Å². The normalized spacial score (nSPS) is 10.5. The summed E-state index contributed by atoms with van der Waals surface area (Å²) in [4.78, 5) is 26.3. The number of amides is 2. The summed E-state index contributed by atoms with van der Waals surface area (Å²) in [5.41, 5.74) is 5.97. The third-order valence-corrected chi connectivity index (χ3v) is 4.78. The summed E-state index contributed by atoms with van der Waals surface area (Å²) in [6.07, 6.45) is 0. The predicted octanol–water partition coefficient (Wildman–Crippen LogP) is 2.54. The average molecular weight is 446 g/mol. The summed E-state index contributed by atoms with van der Waals surface area (Å²) in [6.45, 7) is 7.03. The number of methoxy groups -OCH3 is 2. The van der Waals surface area contributed by atoms with Crippen LogP contribution < -0.4 is 30.0 Å². The minimum atomic E-state index is -0.645. The third-order valence-electron chi connectivity index (χ3n) is 4.78. The zero-order valence-electron chi connectivity index (χ0n) is 19.0. The molecule has 2 aromatic rings. The number of ether oxygens (including phenoxy) is 4. The molecule has 0 aromatic heterocycles. The van der Waals surface area contributed by atoms with Gasteiger partial charge in [-0.2, -0.15) is 0 Å². The molecular weight excluding hydrogens is 414 g/mol. The average Bonchev–Trinajstić information content (AvgIpc) is 2.80. The van der Waals surface area contributed by atoms with Gasteiger partial charge >= 0.3 is 0 Å². The molecule has 2 aromatic carbocycles. The van der Waals surface area contributed by atoms with E-state index < -0.39 is 5.91 Å². The van der Waals surface area contributed by atoms with Crippen molar-refractivity contribution in [3.05, 3.63) is 42.0 Å². The molecule has 0 fully saturated rings. The van der Waals surface area contributed by atoms with Gasteiger partial charge in [0.25, 0.3) is 11.8 Å². The Hall–Kier alpha value is -3.46. The Morgan fingerprint density at radius 3 is 2.16 bits per heavy atom. The minimum absolute atomic E-state index is 0.186. The van der Waals surface area contributed by atoms with Crippen LogP contribution in [-0.4, -0.2) is 63.8 Å². The molecule has 3 N–H and O–H groups in total. The van der Waals surface area contributed by atoms with Crippen LogP contribution in [0.25, 0.3) is 0 Å². The van der Waals surface area contributed by atoms with E-state index in [-0.39, 0.29) is 35.3 Å². The molecule has 2 amide bonds. The molecule has 0 heterocycles. The molecule has 0 spiro atoms. The highest BCUT2D eigenvalue weighted by Crippen LogP contribution is 2.39. The lowest BCUT2D eigenvalue weighted by atomic mass is 10.1. The number of nitrogens with one attached hydrogen (secondary N) is 1. The number of carbonyl (C=O) groups excluding carboxylic acids is 2. The number of likely N-dealkylation sites (N-methyl/N-ethyl adjacent to an activating group) is 1. The van der Waals surface area contributed by atoms with Gasteiger partial charge in [-0.05, 0) is 37.4 Å². The van der Waals surface area contributed by atoms with E-state index in [2.05, 4.69) is 24.1 Å². The Kier molecular flexibility index (Phi) is 9.62. The fraction of sp³-hybridized carbons (Fsp3) is 0.391. The van der Waals surface area contributed by atoms with E-state index in [1.165, 1.54) is 26.4 Å². The number of rotatable bonds is 13. The first kappa shape index (κ1) is 24.8. The molecule has 0 aliphatic rings. The third kappa shape index (κ3) is 6.78. The molecule has 9 nitrogen and oxygen atoms in total. The van der Waals surface area contributed by atoms with Gasteiger partial charge in [-0.1, -0.05) is 26.0 Å². The van der Waals surface area contributed by atoms with Gasteiger partial charge in [0, 0.05) is 12.1 Å². The maximum absolute atomic E-state index is 13.0. The predicted molar refractivity (Wildman–Crippen MR) is 122 cm³/mol. The quantitative estimate of drug-likeness (QED) is 0.487. The van der Waals surface area contributed by atoms with Gasteiger partial charge in [-0.3, -0.25) is 9.59 Å². The first-order chi connectivity index (χ1) is 15.4. The maximum Gasteiger partial charge on any atom is 0.256 e. The van der Waals surface area contributed by atoms with Crippen LogP contribution in [0.5, 0.6) is 23.0 Å². The van der Waals surface area contributed by atoms with Gasteiger partial charge in [0.2, 0.25) is 5.75 Å². The largest absolute Gasteiger partial charge is 0.493 e. The fourth-order valence-corrected chi connectivity index (χ4v) is 3.01. The summed E-state index contributed by atoms with van der Waals surface area (Å²) in [7, 11) is 2.85. The lowest BCUT2D eigenvalue weighted by molar-refractivity contribution is -0.120. The summed E-state index contributed by atoms with van der Waals surface area (Å²) < 4.78 is 21.9. The Balaban J connectivity index is 2.19. The highest BCUT2D eigenvalue weighted by molar-refractivity contribution is 6.05. The monoisotopic (exact) mass is 445 g/mol. The van der Waals surface area contributed by atoms with Crippen LogP contribution in [0.15, 0.2) is 36.4 Å². The summed E-state index contributed by atoms with van der Waals surface area (Å²) in [5.74, 6) is 0.203. The molecule has 0 bridgehead atoms. The maximum atomic E-state index is 13.0. The standard InChI is InChI=1S/C23H31N3O6/c1-5-26(6-2)11-12-31-18-10-8-7-9-17(18)25-23(28)16-13-19(29-3)22(20(14-16)30-4)32-15-21(24)27/h7-10,13-14H,5-6,11-12,15H2,1-4H3,(H2,24,27)(H,25,28). The van der Waals surface area contributed by atoms with Crippen molar-refractivity contribution < 1.29 is 28.5 Å². The number of hydrogen-bond acceptors (Lipinski definition) is 7. The van der Waals surface area contributed by atoms with Crippen molar-refractivity contribution in [3.63, 3.8) is 0 Å². The minimum Gasteiger partial charge on any atom is -0.493 e. The number of primary amides is 1. The lowest BCUT2D eigenvalue weighted by Gasteiger charge is -2.19. The number of anilines is 1. The van der Waals surface area contributed by atoms with E-state index in [1.807, 2.05) is 12.1 Å². The van der Waals surface area contributed by atoms with Crippen molar-refractivity contribution in [3.8, 4) is 23.0 Å². The molecule has 0 saturated carbocycles. The van der Waals surface area contributed by atoms with E-state index in [0.717, 1.165) is 19.6 Å². The SMILES string of the molecule is CCN(CC)CCOc1ccccc1NC(=O)c1cc(OC)c(OCC(N)=O)c(OC)c1. The summed E-state index contributed by atoms with van der Waals surface area (Å²) >= 11 is 0. The number of nitrogens with two attached hydrogens (primary N) is 1. The number of benzene rings is 2. The molecule has 0 aliphatic heterocycles. The van der Waals surface area contributed by atoms with Crippen molar-refractivity contribution in [1.29, 1.82) is 0 Å². The fourth-order valence-electron chi connectivity index (χ4n) is 3.01. The van der Waals surface area contributed by atoms with E-state index in [9.17, 15) is 9.59 Å². The van der Waals surface area contributed by atoms with Gasteiger partial charge < -0.3 is 34.9 Å². The zero-order valence-corrected chi connectivity index (χ0v) is 19.0. The Morgan fingerprint density at radius 2 is 1.59 bits per heavy atom. The zero-order chi connectivity index (χ0) is 23.5. The van der Waals surface area contributed by atoms with Crippen molar-refractivity contribution in [2.75, 3.05) is 52.4 Å². The van der Waals surface area contributed by atoms with E-state index in [4.69, 9.17) is 24.7 Å². The highest BCUT2D eigenvalue weighted by Gasteiger charge is 2.19. The smallest absolute Gasteiger partial charge is 0.256 e. The second kappa shape index (κ2) is 12.4. The van der Waals surface area contributed by atoms with Crippen LogP contribution in [0.4, 0.5) is 5.69 Å². The topological polar surface area (TPSA) is 112 Å². The number of para-hydroxylation sites is 2. The first-order valence-corrected chi connectivity index (χ1v) is 10.4. The highest BCUT2D eigenvalue weighted by atomic mass is 16.5. The van der Waals surface area contributed by atoms with Crippen LogP contribution >= 0.6 is 0 Å². The van der Waals surface area contributed by atoms with Gasteiger partial charge in [0.1, 0.15) is 12.4 Å². The Morgan fingerprint density at radius 1 is 0.969 bits per heavy atom. The van der Waals surface area contributed by atoms with Gasteiger partial charge in [0.05, 0.1) is 19.9 Å². The van der Waals surface area contributed by atoms with Crippen molar-refractivity contribution >= 4 is 17.5 Å². The molecule has 0 atom stereocenters. The van der Waals surface area contributed by atoms with Crippen LogP contribution in [-0.2, 0) is 4.79 Å². The first-order valence-electron chi connectivity index (χ1n) is 10.4. The lowest BCUT2D eigenvalue weighted by Crippen LogP contribution is -2.28. The van der Waals surface area contributed by atoms with Crippen LogP contribution in [0, 0.1) is 0 Å². The summed E-state index contributed by atoms with van der Waals surface area (Å²) in [5, 5.41) is 2.86. The van der Waals surface area contributed by atoms with Crippen LogP contribution in [0.1, 0.15) is 24.2 Å². The van der Waals surface area contributed by atoms with E-state index >= 15 is 0 Å². The second-order valence-corrected chi connectivity index (χ2v) is 6.79. The van der Waals surface area contributed by atoms with Crippen molar-refractivity contribution in [2.24, 2.45) is 5.73 Å². The molecule has 2 rings (SSSR count). The molecule has 0 radical (unpaired) electrons. The van der Waals surface area contributed by atoms with Gasteiger partial charge in [-0.15, -0.1) is 0 Å². The summed E-state index contributed by atoms with van der Waals surface area (Å²) in [6, 6.07) is 10.2. The molecule has 9 heteroatoms. The van der Waals surface area contributed by atoms with E-state index in [1.54, 1.807) is 12.1 Å². The molecule has 174 valence electrons. The van der Waals surface area contributed by atoms with Gasteiger partial charge in [0.15, 0.2) is 18.1 Å². The molecule has 0 unspecified atom stereocenters. The number of nitrogens with zero attached hydrogens (tertiary/aromatic N) is 1.